The lowest BCUT2D eigenvalue weighted by molar-refractivity contribution is -0.0119. The minimum absolute atomic E-state index is 0.487. The van der Waals surface area contributed by atoms with Gasteiger partial charge in [-0.3, -0.25) is 0 Å². The Morgan fingerprint density at radius 1 is 0.947 bits per heavy atom. The van der Waals surface area contributed by atoms with Crippen LogP contribution in [-0.4, -0.2) is 0 Å². The highest BCUT2D eigenvalue weighted by molar-refractivity contribution is 5.07. The van der Waals surface area contributed by atoms with Crippen LogP contribution in [0.4, 0.5) is 0 Å². The summed E-state index contributed by atoms with van der Waals surface area (Å²) in [5.41, 5.74) is 1.08. The first-order valence-electron chi connectivity index (χ1n) is 17.9. The zero-order valence-corrected chi connectivity index (χ0v) is 27.8. The van der Waals surface area contributed by atoms with Gasteiger partial charge in [-0.05, 0) is 127 Å². The van der Waals surface area contributed by atoms with Crippen molar-refractivity contribution in [3.8, 4) is 0 Å². The molecule has 0 aromatic rings. The molecule has 0 saturated heterocycles. The predicted molar refractivity (Wildman–Crippen MR) is 168 cm³/mol. The maximum Gasteiger partial charge on any atom is -0.0261 e. The summed E-state index contributed by atoms with van der Waals surface area (Å²) < 4.78 is 0. The van der Waals surface area contributed by atoms with Crippen LogP contribution in [0.15, 0.2) is 0 Å². The van der Waals surface area contributed by atoms with Gasteiger partial charge in [0, 0.05) is 0 Å². The quantitative estimate of drug-likeness (QED) is 0.187. The third kappa shape index (κ3) is 6.56. The Morgan fingerprint density at radius 2 is 1.66 bits per heavy atom. The van der Waals surface area contributed by atoms with E-state index in [1.807, 2.05) is 0 Å². The van der Waals surface area contributed by atoms with Crippen molar-refractivity contribution in [2.24, 2.45) is 81.8 Å². The first kappa shape index (κ1) is 30.9. The molecule has 4 aliphatic rings. The van der Waals surface area contributed by atoms with Crippen LogP contribution in [0.25, 0.3) is 0 Å². The van der Waals surface area contributed by atoms with E-state index in [4.69, 9.17) is 0 Å². The molecule has 0 aliphatic heterocycles. The molecule has 0 radical (unpaired) electrons. The highest BCUT2D eigenvalue weighted by Gasteiger charge is 2.58. The van der Waals surface area contributed by atoms with Crippen molar-refractivity contribution in [1.82, 2.24) is 0 Å². The summed E-state index contributed by atoms with van der Waals surface area (Å²) >= 11 is 0. The molecule has 222 valence electrons. The van der Waals surface area contributed by atoms with Gasteiger partial charge in [0.05, 0.1) is 0 Å². The Morgan fingerprint density at radius 3 is 2.16 bits per heavy atom. The number of hydrogen-bond donors (Lipinski definition) is 0. The minimum atomic E-state index is 0.487. The van der Waals surface area contributed by atoms with Crippen LogP contribution >= 0.6 is 0 Å². The molecule has 0 aromatic carbocycles. The van der Waals surface area contributed by atoms with Crippen LogP contribution in [0.5, 0.6) is 0 Å². The van der Waals surface area contributed by atoms with E-state index in [0.29, 0.717) is 10.8 Å². The fourth-order valence-corrected chi connectivity index (χ4v) is 11.2. The summed E-state index contributed by atoms with van der Waals surface area (Å²) in [4.78, 5) is 0. The molecule has 38 heavy (non-hydrogen) atoms. The molecule has 0 N–H and O–H groups in total. The lowest BCUT2D eigenvalue weighted by Crippen LogP contribution is -2.42. The molecule has 0 amide bonds. The fourth-order valence-electron chi connectivity index (χ4n) is 11.2. The third-order valence-corrected chi connectivity index (χ3v) is 13.8. The summed E-state index contributed by atoms with van der Waals surface area (Å²) in [5, 5.41) is 0. The Labute approximate surface area is 240 Å². The van der Waals surface area contributed by atoms with Gasteiger partial charge in [-0.1, -0.05) is 114 Å². The Balaban J connectivity index is 1.40. The molecule has 0 heterocycles. The highest BCUT2D eigenvalue weighted by Crippen LogP contribution is 2.66. The van der Waals surface area contributed by atoms with Crippen molar-refractivity contribution < 1.29 is 0 Å². The second-order valence-corrected chi connectivity index (χ2v) is 17.4. The molecule has 0 spiro atoms. The molecule has 0 nitrogen and oxygen atoms in total. The van der Waals surface area contributed by atoms with Gasteiger partial charge in [-0.25, -0.2) is 0 Å². The van der Waals surface area contributed by atoms with Crippen molar-refractivity contribution in [1.29, 1.82) is 0 Å². The van der Waals surface area contributed by atoms with E-state index < -0.39 is 0 Å². The zero-order chi connectivity index (χ0) is 27.8. The zero-order valence-electron chi connectivity index (χ0n) is 27.8. The molecule has 4 fully saturated rings. The van der Waals surface area contributed by atoms with Crippen molar-refractivity contribution >= 4 is 0 Å². The molecular weight excluding hydrogens is 456 g/mol. The average Bonchev–Trinajstić information content (AvgIpc) is 3.42. The van der Waals surface area contributed by atoms with E-state index in [1.165, 1.54) is 64.2 Å². The van der Waals surface area contributed by atoms with Gasteiger partial charge in [-0.15, -0.1) is 0 Å². The Kier molecular flexibility index (Phi) is 10.2. The molecule has 4 rings (SSSR count). The van der Waals surface area contributed by atoms with Crippen molar-refractivity contribution in [2.75, 3.05) is 0 Å². The van der Waals surface area contributed by atoms with Crippen LogP contribution in [0, 0.1) is 81.8 Å². The van der Waals surface area contributed by atoms with Gasteiger partial charge in [0.25, 0.3) is 0 Å². The van der Waals surface area contributed by atoms with Gasteiger partial charge >= 0.3 is 0 Å². The Bertz CT molecular complexity index is 728. The molecule has 0 bridgehead atoms. The van der Waals surface area contributed by atoms with E-state index >= 15 is 0 Å². The predicted octanol–water partition coefficient (Wildman–Crippen LogP) is 12.1. The van der Waals surface area contributed by atoms with Crippen LogP contribution in [0.2, 0.25) is 0 Å². The van der Waals surface area contributed by atoms with Crippen LogP contribution in [-0.2, 0) is 0 Å². The number of hydrogen-bond acceptors (Lipinski definition) is 0. The van der Waals surface area contributed by atoms with E-state index in [0.717, 1.165) is 71.0 Å². The SMILES string of the molecule is CCCC(C)C(C(C)C)C1(C)CC1CC(C)(C)C(CC(C)CC1C(CC)CC1CC1CCC1)C1CCC1C. The molecule has 4 saturated carbocycles. The average molecular weight is 527 g/mol. The molecular formula is C38H70. The van der Waals surface area contributed by atoms with Crippen molar-refractivity contribution in [2.45, 2.75) is 159 Å². The second kappa shape index (κ2) is 12.5. The lowest BCUT2D eigenvalue weighted by atomic mass is 9.54. The summed E-state index contributed by atoms with van der Waals surface area (Å²) in [6.45, 7) is 25.8. The van der Waals surface area contributed by atoms with E-state index in [2.05, 4.69) is 69.2 Å². The molecule has 11 unspecified atom stereocenters. The van der Waals surface area contributed by atoms with Gasteiger partial charge in [0.1, 0.15) is 0 Å². The van der Waals surface area contributed by atoms with E-state index in [-0.39, 0.29) is 0 Å². The smallest absolute Gasteiger partial charge is 0.0261 e. The van der Waals surface area contributed by atoms with Gasteiger partial charge in [-0.2, -0.15) is 0 Å². The van der Waals surface area contributed by atoms with E-state index in [1.54, 1.807) is 25.7 Å². The maximum absolute atomic E-state index is 2.71. The maximum atomic E-state index is 2.71. The van der Waals surface area contributed by atoms with Crippen LogP contribution < -0.4 is 0 Å². The summed E-state index contributed by atoms with van der Waals surface area (Å²) in [5.74, 6) is 11.6. The van der Waals surface area contributed by atoms with Crippen LogP contribution in [0.1, 0.15) is 159 Å². The topological polar surface area (TPSA) is 0 Å². The Hall–Kier alpha value is 0. The summed E-state index contributed by atoms with van der Waals surface area (Å²) in [6, 6.07) is 0. The van der Waals surface area contributed by atoms with Crippen molar-refractivity contribution in [3.63, 3.8) is 0 Å². The van der Waals surface area contributed by atoms with Gasteiger partial charge in [0.2, 0.25) is 0 Å². The van der Waals surface area contributed by atoms with Crippen LogP contribution in [0.3, 0.4) is 0 Å². The monoisotopic (exact) mass is 527 g/mol. The normalized spacial score (nSPS) is 38.6. The van der Waals surface area contributed by atoms with Gasteiger partial charge in [0.15, 0.2) is 0 Å². The third-order valence-electron chi connectivity index (χ3n) is 13.8. The standard InChI is InChI=1S/C38H70/c1-11-14-28(7)36(25(3)4)38(10)24-32(38)23-37(8,9)35(33-18-17-27(33)6)20-26(5)19-34-30(12-2)22-31(34)21-29-15-13-16-29/h25-36H,11-24H2,1-10H3. The molecule has 4 aliphatic carbocycles. The van der Waals surface area contributed by atoms with E-state index in [9.17, 15) is 0 Å². The fraction of sp³-hybridized carbons (Fsp3) is 1.00. The highest BCUT2D eigenvalue weighted by atomic mass is 14.6. The summed E-state index contributed by atoms with van der Waals surface area (Å²) in [6.07, 6.45) is 21.0. The largest absolute Gasteiger partial charge is 0.0654 e. The first-order chi connectivity index (χ1) is 17.9. The molecule has 0 aromatic heterocycles. The van der Waals surface area contributed by atoms with Crippen molar-refractivity contribution in [3.05, 3.63) is 0 Å². The molecule has 0 heteroatoms. The first-order valence-corrected chi connectivity index (χ1v) is 17.9. The van der Waals surface area contributed by atoms with Gasteiger partial charge < -0.3 is 0 Å². The second-order valence-electron chi connectivity index (χ2n) is 17.4. The number of rotatable bonds is 16. The minimum Gasteiger partial charge on any atom is -0.0654 e. The molecule has 11 atom stereocenters. The summed E-state index contributed by atoms with van der Waals surface area (Å²) in [7, 11) is 0. The lowest BCUT2D eigenvalue weighted by Gasteiger charge is -2.51.